The molecule has 0 aliphatic rings. The Balaban J connectivity index is 1.94. The van der Waals surface area contributed by atoms with E-state index in [9.17, 15) is 4.79 Å². The van der Waals surface area contributed by atoms with Gasteiger partial charge in [-0.15, -0.1) is 0 Å². The molecule has 0 saturated carbocycles. The molecule has 3 nitrogen and oxygen atoms in total. The third kappa shape index (κ3) is 2.89. The second-order valence-corrected chi connectivity index (χ2v) is 6.38. The molecule has 21 heavy (non-hydrogen) atoms. The molecule has 0 amide bonds. The predicted molar refractivity (Wildman–Crippen MR) is 89.7 cm³/mol. The summed E-state index contributed by atoms with van der Waals surface area (Å²) in [5, 5.41) is 0.749. The minimum Gasteiger partial charge on any atom is -0.319 e. The van der Waals surface area contributed by atoms with E-state index >= 15 is 0 Å². The molecule has 0 spiro atoms. The zero-order chi connectivity index (χ0) is 14.8. The maximum Gasteiger partial charge on any atom is 0.227 e. The molecule has 5 heteroatoms. The Hall–Kier alpha value is -1.59. The van der Waals surface area contributed by atoms with Crippen LogP contribution in [0.25, 0.3) is 11.0 Å². The van der Waals surface area contributed by atoms with Gasteiger partial charge in [-0.3, -0.25) is 4.79 Å². The van der Waals surface area contributed by atoms with Crippen molar-refractivity contribution in [3.8, 4) is 0 Å². The summed E-state index contributed by atoms with van der Waals surface area (Å²) in [6, 6.07) is 15.3. The largest absolute Gasteiger partial charge is 0.319 e. The predicted octanol–water partition coefficient (Wildman–Crippen LogP) is 4.75. The van der Waals surface area contributed by atoms with Gasteiger partial charge in [0.25, 0.3) is 0 Å². The van der Waals surface area contributed by atoms with Crippen LogP contribution in [0, 0.1) is 0 Å². The fourth-order valence-electron chi connectivity index (χ4n) is 2.16. The first-order chi connectivity index (χ1) is 10.2. The van der Waals surface area contributed by atoms with Gasteiger partial charge in [0.2, 0.25) is 5.12 Å². The van der Waals surface area contributed by atoms with Crippen molar-refractivity contribution in [3.63, 3.8) is 0 Å². The van der Waals surface area contributed by atoms with Crippen LogP contribution in [0.5, 0.6) is 0 Å². The summed E-state index contributed by atoms with van der Waals surface area (Å²) in [4.78, 5) is 16.9. The molecule has 1 aromatic heterocycles. The minimum atomic E-state index is 0.00695. The monoisotopic (exact) mass is 360 g/mol. The Labute approximate surface area is 135 Å². The van der Waals surface area contributed by atoms with E-state index in [1.54, 1.807) is 0 Å². The number of nitrogens with zero attached hydrogens (tertiary/aromatic N) is 2. The summed E-state index contributed by atoms with van der Waals surface area (Å²) in [6.07, 6.45) is 0. The smallest absolute Gasteiger partial charge is 0.227 e. The molecule has 0 N–H and O–H groups in total. The highest BCUT2D eigenvalue weighted by Crippen LogP contribution is 2.27. The van der Waals surface area contributed by atoms with E-state index in [1.165, 1.54) is 11.8 Å². The van der Waals surface area contributed by atoms with Crippen molar-refractivity contribution in [2.24, 2.45) is 0 Å². The van der Waals surface area contributed by atoms with Crippen molar-refractivity contribution in [3.05, 3.63) is 58.6 Å². The van der Waals surface area contributed by atoms with E-state index in [0.29, 0.717) is 5.56 Å². The maximum atomic E-state index is 12.4. The fourth-order valence-corrected chi connectivity index (χ4v) is 3.33. The topological polar surface area (TPSA) is 34.9 Å². The van der Waals surface area contributed by atoms with Gasteiger partial charge in [-0.25, -0.2) is 4.98 Å². The highest BCUT2D eigenvalue weighted by atomic mass is 79.9. The van der Waals surface area contributed by atoms with E-state index < -0.39 is 0 Å². The van der Waals surface area contributed by atoms with Crippen LogP contribution in [0.4, 0.5) is 0 Å². The second-order valence-electron chi connectivity index (χ2n) is 4.52. The first-order valence-electron chi connectivity index (χ1n) is 6.62. The van der Waals surface area contributed by atoms with Gasteiger partial charge in [-0.05, 0) is 55.1 Å². The van der Waals surface area contributed by atoms with Crippen LogP contribution in [0.2, 0.25) is 0 Å². The summed E-state index contributed by atoms with van der Waals surface area (Å²) in [5.74, 6) is 0. The van der Waals surface area contributed by atoms with Crippen molar-refractivity contribution >= 4 is 43.8 Å². The van der Waals surface area contributed by atoms with Gasteiger partial charge in [-0.1, -0.05) is 28.1 Å². The van der Waals surface area contributed by atoms with Crippen LogP contribution in [0.15, 0.2) is 58.2 Å². The van der Waals surface area contributed by atoms with Crippen molar-refractivity contribution in [2.75, 3.05) is 0 Å². The minimum absolute atomic E-state index is 0.00695. The lowest BCUT2D eigenvalue weighted by molar-refractivity contribution is 0.108. The number of carbonyl (C=O) groups excluding carboxylic acids is 1. The molecular formula is C16H13BrN2OS. The summed E-state index contributed by atoms with van der Waals surface area (Å²) in [6.45, 7) is 2.85. The quantitative estimate of drug-likeness (QED) is 0.632. The zero-order valence-corrected chi connectivity index (χ0v) is 13.8. The molecule has 3 aromatic rings. The molecule has 0 saturated heterocycles. The Bertz CT molecular complexity index is 796. The number of fused-ring (bicyclic) bond motifs is 1. The van der Waals surface area contributed by atoms with Gasteiger partial charge in [-0.2, -0.15) is 0 Å². The number of hydrogen-bond donors (Lipinski definition) is 0. The molecule has 0 unspecified atom stereocenters. The van der Waals surface area contributed by atoms with E-state index in [0.717, 1.165) is 27.2 Å². The van der Waals surface area contributed by atoms with Crippen molar-refractivity contribution in [1.82, 2.24) is 9.55 Å². The van der Waals surface area contributed by atoms with Gasteiger partial charge in [0.1, 0.15) is 0 Å². The van der Waals surface area contributed by atoms with Gasteiger partial charge >= 0.3 is 0 Å². The third-order valence-corrected chi connectivity index (χ3v) is 4.64. The van der Waals surface area contributed by atoms with Crippen LogP contribution in [-0.2, 0) is 6.54 Å². The Morgan fingerprint density at radius 3 is 2.62 bits per heavy atom. The number of rotatable bonds is 3. The first-order valence-corrected chi connectivity index (χ1v) is 8.23. The van der Waals surface area contributed by atoms with Crippen molar-refractivity contribution < 1.29 is 4.79 Å². The van der Waals surface area contributed by atoms with Crippen LogP contribution in [0.3, 0.4) is 0 Å². The lowest BCUT2D eigenvalue weighted by Crippen LogP contribution is -2.00. The number of aromatic nitrogens is 2. The molecule has 0 aliphatic heterocycles. The number of hydrogen-bond acceptors (Lipinski definition) is 3. The number of imidazole rings is 1. The van der Waals surface area contributed by atoms with Crippen LogP contribution in [0.1, 0.15) is 17.3 Å². The summed E-state index contributed by atoms with van der Waals surface area (Å²) in [7, 11) is 0. The molecule has 0 radical (unpaired) electrons. The standard InChI is InChI=1S/C16H13BrN2OS/c1-2-19-14-6-4-3-5-13(14)18-16(19)21-15(20)11-7-9-12(17)10-8-11/h3-10H,2H2,1H3. The lowest BCUT2D eigenvalue weighted by atomic mass is 10.2. The molecule has 106 valence electrons. The van der Waals surface area contributed by atoms with Crippen molar-refractivity contribution in [1.29, 1.82) is 0 Å². The van der Waals surface area contributed by atoms with Crippen LogP contribution < -0.4 is 0 Å². The van der Waals surface area contributed by atoms with E-state index in [2.05, 4.69) is 32.4 Å². The number of aryl methyl sites for hydroxylation is 1. The Morgan fingerprint density at radius 2 is 1.90 bits per heavy atom. The average molecular weight is 361 g/mol. The van der Waals surface area contributed by atoms with Gasteiger partial charge < -0.3 is 4.57 Å². The van der Waals surface area contributed by atoms with E-state index in [1.807, 2.05) is 48.5 Å². The molecular weight excluding hydrogens is 348 g/mol. The molecule has 0 aliphatic carbocycles. The number of benzene rings is 2. The SMILES string of the molecule is CCn1c(SC(=O)c2ccc(Br)cc2)nc2ccccc21. The lowest BCUT2D eigenvalue weighted by Gasteiger charge is -2.05. The maximum absolute atomic E-state index is 12.4. The fraction of sp³-hybridized carbons (Fsp3) is 0.125. The molecule has 0 fully saturated rings. The number of thioether (sulfide) groups is 1. The molecule has 2 aromatic carbocycles. The summed E-state index contributed by atoms with van der Waals surface area (Å²) >= 11 is 4.55. The van der Waals surface area contributed by atoms with Crippen LogP contribution >= 0.6 is 27.7 Å². The average Bonchev–Trinajstić information content (AvgIpc) is 2.84. The molecule has 3 rings (SSSR count). The highest BCUT2D eigenvalue weighted by Gasteiger charge is 2.15. The Kier molecular flexibility index (Phi) is 4.12. The second kappa shape index (κ2) is 6.03. The summed E-state index contributed by atoms with van der Waals surface area (Å²) < 4.78 is 3.03. The number of para-hydroxylation sites is 2. The third-order valence-electron chi connectivity index (χ3n) is 3.20. The Morgan fingerprint density at radius 1 is 1.19 bits per heavy atom. The normalized spacial score (nSPS) is 11.0. The van der Waals surface area contributed by atoms with Gasteiger partial charge in [0, 0.05) is 16.6 Å². The molecule has 0 bridgehead atoms. The van der Waals surface area contributed by atoms with Gasteiger partial charge in [0.05, 0.1) is 11.0 Å². The van der Waals surface area contributed by atoms with E-state index in [4.69, 9.17) is 0 Å². The molecule has 1 heterocycles. The first kappa shape index (κ1) is 14.4. The van der Waals surface area contributed by atoms with Crippen molar-refractivity contribution in [2.45, 2.75) is 18.6 Å². The summed E-state index contributed by atoms with van der Waals surface area (Å²) in [5.41, 5.74) is 2.66. The number of carbonyl (C=O) groups is 1. The van der Waals surface area contributed by atoms with E-state index in [-0.39, 0.29) is 5.12 Å². The highest BCUT2D eigenvalue weighted by molar-refractivity contribution is 9.10. The number of halogens is 1. The van der Waals surface area contributed by atoms with Crippen LogP contribution in [-0.4, -0.2) is 14.7 Å². The zero-order valence-electron chi connectivity index (χ0n) is 11.4. The van der Waals surface area contributed by atoms with Gasteiger partial charge in [0.15, 0.2) is 5.16 Å². The molecule has 0 atom stereocenters.